The zero-order valence-corrected chi connectivity index (χ0v) is 12.7. The summed E-state index contributed by atoms with van der Waals surface area (Å²) in [6.07, 6.45) is 1.63. The standard InChI is InChI=1S/C11H13BrN4OS/c1-6-5-18-10(14-6)7(2)15-8-4-13-16(3)11(17)9(8)12/h4-5,7,15H,1-3H3. The number of nitrogens with one attached hydrogen (secondary N) is 1. The molecule has 1 atom stereocenters. The molecule has 0 bridgehead atoms. The van der Waals surface area contributed by atoms with Gasteiger partial charge in [0, 0.05) is 18.1 Å². The lowest BCUT2D eigenvalue weighted by Crippen LogP contribution is -2.22. The number of thiazole rings is 1. The van der Waals surface area contributed by atoms with E-state index in [9.17, 15) is 4.79 Å². The maximum Gasteiger partial charge on any atom is 0.282 e. The minimum atomic E-state index is -0.164. The molecule has 0 aliphatic carbocycles. The number of aryl methyl sites for hydroxylation is 2. The molecule has 1 N–H and O–H groups in total. The molecule has 1 unspecified atom stereocenters. The summed E-state index contributed by atoms with van der Waals surface area (Å²) < 4.78 is 1.77. The van der Waals surface area contributed by atoms with E-state index in [1.54, 1.807) is 24.6 Å². The van der Waals surface area contributed by atoms with E-state index in [1.165, 1.54) is 4.68 Å². The number of hydrogen-bond acceptors (Lipinski definition) is 5. The minimum Gasteiger partial charge on any atom is -0.374 e. The molecule has 2 aromatic heterocycles. The molecule has 0 spiro atoms. The average molecular weight is 329 g/mol. The summed E-state index contributed by atoms with van der Waals surface area (Å²) in [6.45, 7) is 3.96. The lowest BCUT2D eigenvalue weighted by molar-refractivity contribution is 0.701. The molecule has 0 aliphatic heterocycles. The third-order valence-electron chi connectivity index (χ3n) is 2.46. The van der Waals surface area contributed by atoms with Crippen molar-refractivity contribution >= 4 is 33.0 Å². The third-order valence-corrected chi connectivity index (χ3v) is 4.37. The molecule has 2 aromatic rings. The van der Waals surface area contributed by atoms with Crippen LogP contribution in [0.1, 0.15) is 23.7 Å². The summed E-state index contributed by atoms with van der Waals surface area (Å²) in [5.41, 5.74) is 1.52. The molecule has 2 heterocycles. The summed E-state index contributed by atoms with van der Waals surface area (Å²) in [7, 11) is 1.62. The van der Waals surface area contributed by atoms with Crippen molar-refractivity contribution in [3.05, 3.63) is 37.1 Å². The highest BCUT2D eigenvalue weighted by molar-refractivity contribution is 9.10. The fraction of sp³-hybridized carbons (Fsp3) is 0.364. The van der Waals surface area contributed by atoms with Crippen molar-refractivity contribution in [3.8, 4) is 0 Å². The third kappa shape index (κ3) is 2.62. The van der Waals surface area contributed by atoms with Crippen LogP contribution in [0.25, 0.3) is 0 Å². The second-order valence-corrected chi connectivity index (χ2v) is 5.68. The van der Waals surface area contributed by atoms with Gasteiger partial charge in [0.2, 0.25) is 0 Å². The monoisotopic (exact) mass is 328 g/mol. The molecule has 0 aromatic carbocycles. The second kappa shape index (κ2) is 5.19. The van der Waals surface area contributed by atoms with Crippen LogP contribution in [-0.4, -0.2) is 14.8 Å². The summed E-state index contributed by atoms with van der Waals surface area (Å²) in [5, 5.41) is 10.2. The Kier molecular flexibility index (Phi) is 3.82. The molecule has 0 aliphatic rings. The lowest BCUT2D eigenvalue weighted by Gasteiger charge is -2.13. The second-order valence-electron chi connectivity index (χ2n) is 3.99. The average Bonchev–Trinajstić information content (AvgIpc) is 2.77. The molecule has 7 heteroatoms. The Bertz CT molecular complexity index is 622. The largest absolute Gasteiger partial charge is 0.374 e. The Morgan fingerprint density at radius 2 is 2.28 bits per heavy atom. The van der Waals surface area contributed by atoms with Crippen molar-refractivity contribution in [3.63, 3.8) is 0 Å². The predicted octanol–water partition coefficient (Wildman–Crippen LogP) is 2.48. The zero-order valence-electron chi connectivity index (χ0n) is 10.3. The van der Waals surface area contributed by atoms with E-state index >= 15 is 0 Å². The van der Waals surface area contributed by atoms with Crippen molar-refractivity contribution < 1.29 is 0 Å². The Balaban J connectivity index is 2.25. The number of rotatable bonds is 3. The molecule has 0 fully saturated rings. The SMILES string of the molecule is Cc1csc(C(C)Nc2cnn(C)c(=O)c2Br)n1. The topological polar surface area (TPSA) is 59.8 Å². The van der Waals surface area contributed by atoms with Crippen molar-refractivity contribution in [2.45, 2.75) is 19.9 Å². The van der Waals surface area contributed by atoms with Gasteiger partial charge < -0.3 is 5.32 Å². The van der Waals surface area contributed by atoms with Crippen molar-refractivity contribution in [2.75, 3.05) is 5.32 Å². The van der Waals surface area contributed by atoms with Gasteiger partial charge >= 0.3 is 0 Å². The van der Waals surface area contributed by atoms with E-state index in [2.05, 4.69) is 31.3 Å². The highest BCUT2D eigenvalue weighted by Gasteiger charge is 2.13. The van der Waals surface area contributed by atoms with Crippen LogP contribution in [0.15, 0.2) is 20.8 Å². The molecule has 0 radical (unpaired) electrons. The highest BCUT2D eigenvalue weighted by Crippen LogP contribution is 2.24. The fourth-order valence-corrected chi connectivity index (χ4v) is 2.75. The smallest absolute Gasteiger partial charge is 0.282 e. The van der Waals surface area contributed by atoms with Gasteiger partial charge in [0.15, 0.2) is 0 Å². The fourth-order valence-electron chi connectivity index (χ4n) is 1.48. The molecule has 18 heavy (non-hydrogen) atoms. The lowest BCUT2D eigenvalue weighted by atomic mass is 10.3. The number of nitrogens with zero attached hydrogens (tertiary/aromatic N) is 3. The molecule has 0 amide bonds. The van der Waals surface area contributed by atoms with Crippen LogP contribution in [0.2, 0.25) is 0 Å². The van der Waals surface area contributed by atoms with Gasteiger partial charge in [-0.05, 0) is 29.8 Å². The zero-order chi connectivity index (χ0) is 13.3. The number of hydrogen-bond donors (Lipinski definition) is 1. The number of halogens is 1. The van der Waals surface area contributed by atoms with Gasteiger partial charge in [0.1, 0.15) is 9.48 Å². The van der Waals surface area contributed by atoms with E-state index < -0.39 is 0 Å². The van der Waals surface area contributed by atoms with Crippen LogP contribution in [-0.2, 0) is 7.05 Å². The van der Waals surface area contributed by atoms with Crippen molar-refractivity contribution in [1.29, 1.82) is 0 Å². The van der Waals surface area contributed by atoms with Gasteiger partial charge in [0.25, 0.3) is 5.56 Å². The van der Waals surface area contributed by atoms with Crippen LogP contribution in [0, 0.1) is 6.92 Å². The van der Waals surface area contributed by atoms with Gasteiger partial charge in [-0.1, -0.05) is 0 Å². The number of anilines is 1. The first-order valence-electron chi connectivity index (χ1n) is 5.39. The van der Waals surface area contributed by atoms with Crippen LogP contribution in [0.3, 0.4) is 0 Å². The molecule has 96 valence electrons. The Morgan fingerprint density at radius 1 is 1.56 bits per heavy atom. The summed E-state index contributed by atoms with van der Waals surface area (Å²) >= 11 is 4.88. The van der Waals surface area contributed by atoms with Gasteiger partial charge in [-0.2, -0.15) is 5.10 Å². The molecule has 2 rings (SSSR count). The molecular formula is C11H13BrN4OS. The summed E-state index contributed by atoms with van der Waals surface area (Å²) in [6, 6.07) is 0.0360. The van der Waals surface area contributed by atoms with Crippen LogP contribution < -0.4 is 10.9 Å². The maximum absolute atomic E-state index is 11.7. The Morgan fingerprint density at radius 3 is 2.89 bits per heavy atom. The highest BCUT2D eigenvalue weighted by atomic mass is 79.9. The maximum atomic E-state index is 11.7. The van der Waals surface area contributed by atoms with Crippen LogP contribution in [0.4, 0.5) is 5.69 Å². The van der Waals surface area contributed by atoms with Gasteiger partial charge in [-0.15, -0.1) is 11.3 Å². The summed E-state index contributed by atoms with van der Waals surface area (Å²) in [5.74, 6) is 0. The van der Waals surface area contributed by atoms with E-state index in [4.69, 9.17) is 0 Å². The van der Waals surface area contributed by atoms with Gasteiger partial charge in [0.05, 0.1) is 17.9 Å². The van der Waals surface area contributed by atoms with E-state index in [-0.39, 0.29) is 11.6 Å². The molecular weight excluding hydrogens is 316 g/mol. The summed E-state index contributed by atoms with van der Waals surface area (Å²) in [4.78, 5) is 16.1. The minimum absolute atomic E-state index is 0.0360. The number of aromatic nitrogens is 3. The predicted molar refractivity (Wildman–Crippen MR) is 76.1 cm³/mol. The molecule has 0 saturated heterocycles. The Hall–Kier alpha value is -1.21. The van der Waals surface area contributed by atoms with E-state index in [0.29, 0.717) is 10.2 Å². The van der Waals surface area contributed by atoms with Gasteiger partial charge in [-0.3, -0.25) is 4.79 Å². The van der Waals surface area contributed by atoms with E-state index in [1.807, 2.05) is 19.2 Å². The van der Waals surface area contributed by atoms with E-state index in [0.717, 1.165) is 10.7 Å². The van der Waals surface area contributed by atoms with Crippen LogP contribution >= 0.6 is 27.3 Å². The first-order valence-corrected chi connectivity index (χ1v) is 7.06. The van der Waals surface area contributed by atoms with Gasteiger partial charge in [-0.25, -0.2) is 9.67 Å². The first kappa shape index (κ1) is 13.2. The normalized spacial score (nSPS) is 12.4. The first-order chi connectivity index (χ1) is 8.49. The molecule has 5 nitrogen and oxygen atoms in total. The van der Waals surface area contributed by atoms with Crippen molar-refractivity contribution in [2.24, 2.45) is 7.05 Å². The Labute approximate surface area is 117 Å². The van der Waals surface area contributed by atoms with Crippen LogP contribution in [0.5, 0.6) is 0 Å². The molecule has 0 saturated carbocycles. The quantitative estimate of drug-likeness (QED) is 0.940. The van der Waals surface area contributed by atoms with Crippen molar-refractivity contribution in [1.82, 2.24) is 14.8 Å².